The number of para-hydroxylation sites is 1. The van der Waals surface area contributed by atoms with Gasteiger partial charge in [-0.2, -0.15) is 26.3 Å². The summed E-state index contributed by atoms with van der Waals surface area (Å²) in [6.45, 7) is 0.285. The van der Waals surface area contributed by atoms with Gasteiger partial charge in [-0.05, 0) is 53.7 Å². The molecule has 0 radical (unpaired) electrons. The number of dihydropyridines is 1. The van der Waals surface area contributed by atoms with Gasteiger partial charge in [0, 0.05) is 5.56 Å². The van der Waals surface area contributed by atoms with Gasteiger partial charge < -0.3 is 14.8 Å². The van der Waals surface area contributed by atoms with E-state index in [2.05, 4.69) is 5.32 Å². The highest BCUT2D eigenvalue weighted by atomic mass is 19.4. The minimum absolute atomic E-state index is 0.130. The summed E-state index contributed by atoms with van der Waals surface area (Å²) in [5.41, 5.74) is 0.482. The lowest BCUT2D eigenvalue weighted by molar-refractivity contribution is -0.137. The molecule has 0 saturated heterocycles. The van der Waals surface area contributed by atoms with Gasteiger partial charge in [-0.1, -0.05) is 48.5 Å². The number of benzene rings is 3. The summed E-state index contributed by atoms with van der Waals surface area (Å²) in [5.74, 6) is 0.639. The average molecular weight is 505 g/mol. The average Bonchev–Trinajstić information content (AvgIpc) is 2.86. The van der Waals surface area contributed by atoms with Crippen molar-refractivity contribution >= 4 is 0 Å². The zero-order chi connectivity index (χ0) is 25.8. The Kier molecular flexibility index (Phi) is 7.28. The Morgan fingerprint density at radius 3 is 1.92 bits per heavy atom. The molecular weight excluding hydrogens is 484 g/mol. The monoisotopic (exact) mass is 505 g/mol. The largest absolute Gasteiger partial charge is 0.489 e. The zero-order valence-corrected chi connectivity index (χ0v) is 18.7. The molecule has 0 amide bonds. The summed E-state index contributed by atoms with van der Waals surface area (Å²) in [4.78, 5) is 0. The number of rotatable bonds is 7. The number of ether oxygens (including phenoxy) is 2. The summed E-state index contributed by atoms with van der Waals surface area (Å²) >= 11 is 0. The van der Waals surface area contributed by atoms with Crippen molar-refractivity contribution in [3.05, 3.63) is 119 Å². The molecule has 0 spiro atoms. The second-order valence-corrected chi connectivity index (χ2v) is 8.03. The van der Waals surface area contributed by atoms with E-state index >= 15 is 0 Å². The minimum Gasteiger partial charge on any atom is -0.489 e. The van der Waals surface area contributed by atoms with Crippen molar-refractivity contribution in [2.24, 2.45) is 0 Å². The van der Waals surface area contributed by atoms with Gasteiger partial charge in [-0.15, -0.1) is 0 Å². The number of alkyl halides is 6. The third-order valence-corrected chi connectivity index (χ3v) is 5.51. The summed E-state index contributed by atoms with van der Waals surface area (Å²) in [5, 5.41) is 2.76. The molecule has 3 aromatic rings. The second-order valence-electron chi connectivity index (χ2n) is 8.03. The summed E-state index contributed by atoms with van der Waals surface area (Å²) in [6.07, 6.45) is -5.08. The predicted octanol–water partition coefficient (Wildman–Crippen LogP) is 7.51. The van der Waals surface area contributed by atoms with Crippen LogP contribution in [-0.2, 0) is 19.4 Å². The van der Waals surface area contributed by atoms with Gasteiger partial charge in [0.05, 0.1) is 17.2 Å². The Hall–Kier alpha value is -3.88. The van der Waals surface area contributed by atoms with Crippen molar-refractivity contribution in [1.29, 1.82) is 0 Å². The Morgan fingerprint density at radius 2 is 1.31 bits per heavy atom. The molecule has 1 N–H and O–H groups in total. The molecule has 0 fully saturated rings. The van der Waals surface area contributed by atoms with Gasteiger partial charge in [-0.25, -0.2) is 0 Å². The molecular formula is C27H21F6NO2. The molecule has 1 atom stereocenters. The Balaban J connectivity index is 1.37. The van der Waals surface area contributed by atoms with Crippen LogP contribution >= 0.6 is 0 Å². The molecule has 4 rings (SSSR count). The lowest BCUT2D eigenvalue weighted by Gasteiger charge is -2.27. The van der Waals surface area contributed by atoms with Crippen LogP contribution in [0.4, 0.5) is 26.3 Å². The maximum Gasteiger partial charge on any atom is 0.416 e. The van der Waals surface area contributed by atoms with Crippen molar-refractivity contribution in [2.75, 3.05) is 0 Å². The lowest BCUT2D eigenvalue weighted by atomic mass is 9.95. The van der Waals surface area contributed by atoms with Crippen LogP contribution in [0.2, 0.25) is 0 Å². The standard InChI is InChI=1S/C27H21F6NO2/c28-26(29,30)20-11-13-21(14-12-20)35-16-18-7-9-19(10-8-18)17-36-24-6-2-1-4-22(24)25-23(27(31,32)33)5-3-15-34-25/h1-15,25,34H,16-17H2. The number of nitrogens with one attached hydrogen (secondary N) is 1. The van der Waals surface area contributed by atoms with Gasteiger partial charge in [0.2, 0.25) is 0 Å². The quantitative estimate of drug-likeness (QED) is 0.337. The molecule has 1 aliphatic heterocycles. The zero-order valence-electron chi connectivity index (χ0n) is 18.7. The molecule has 188 valence electrons. The van der Waals surface area contributed by atoms with Crippen LogP contribution < -0.4 is 14.8 Å². The van der Waals surface area contributed by atoms with Crippen molar-refractivity contribution in [3.8, 4) is 11.5 Å². The van der Waals surface area contributed by atoms with Crippen LogP contribution in [0.1, 0.15) is 28.3 Å². The predicted molar refractivity (Wildman–Crippen MR) is 122 cm³/mol. The Labute approximate surface area is 203 Å². The van der Waals surface area contributed by atoms with E-state index in [0.29, 0.717) is 17.1 Å². The van der Waals surface area contributed by atoms with E-state index < -0.39 is 29.5 Å². The summed E-state index contributed by atoms with van der Waals surface area (Å²) < 4.78 is 89.9. The molecule has 36 heavy (non-hydrogen) atoms. The van der Waals surface area contributed by atoms with E-state index in [1.165, 1.54) is 24.4 Å². The maximum absolute atomic E-state index is 13.5. The first-order chi connectivity index (χ1) is 17.1. The number of allylic oxidation sites excluding steroid dienone is 2. The fourth-order valence-corrected chi connectivity index (χ4v) is 3.66. The lowest BCUT2D eigenvalue weighted by Crippen LogP contribution is -2.29. The third-order valence-electron chi connectivity index (χ3n) is 5.51. The topological polar surface area (TPSA) is 30.5 Å². The number of hydrogen-bond acceptors (Lipinski definition) is 3. The number of halogens is 6. The molecule has 3 aromatic carbocycles. The second kappa shape index (κ2) is 10.4. The van der Waals surface area contributed by atoms with Gasteiger partial charge in [0.1, 0.15) is 24.7 Å². The van der Waals surface area contributed by atoms with Crippen LogP contribution in [0.5, 0.6) is 11.5 Å². The molecule has 0 aromatic heterocycles. The fourth-order valence-electron chi connectivity index (χ4n) is 3.66. The van der Waals surface area contributed by atoms with Crippen LogP contribution in [0.3, 0.4) is 0 Å². The van der Waals surface area contributed by atoms with Crippen molar-refractivity contribution in [2.45, 2.75) is 31.6 Å². The SMILES string of the molecule is FC(F)(F)C1=CC=CNC1c1ccccc1OCc1ccc(COc2ccc(C(F)(F)F)cc2)cc1. The Morgan fingerprint density at radius 1 is 0.694 bits per heavy atom. The Bertz CT molecular complexity index is 1230. The smallest absolute Gasteiger partial charge is 0.416 e. The summed E-state index contributed by atoms with van der Waals surface area (Å²) in [6, 6.07) is 17.1. The minimum atomic E-state index is -4.49. The van der Waals surface area contributed by atoms with Crippen LogP contribution in [0.15, 0.2) is 96.7 Å². The molecule has 1 heterocycles. The van der Waals surface area contributed by atoms with Crippen LogP contribution in [0, 0.1) is 0 Å². The van der Waals surface area contributed by atoms with E-state index in [1.807, 2.05) is 0 Å². The highest BCUT2D eigenvalue weighted by molar-refractivity contribution is 5.44. The third kappa shape index (κ3) is 6.21. The molecule has 0 bridgehead atoms. The van der Waals surface area contributed by atoms with Gasteiger partial charge >= 0.3 is 12.4 Å². The van der Waals surface area contributed by atoms with Crippen molar-refractivity contribution in [3.63, 3.8) is 0 Å². The van der Waals surface area contributed by atoms with E-state index in [9.17, 15) is 26.3 Å². The fraction of sp³-hybridized carbons (Fsp3) is 0.185. The first-order valence-electron chi connectivity index (χ1n) is 10.9. The van der Waals surface area contributed by atoms with Crippen LogP contribution in [0.25, 0.3) is 0 Å². The summed E-state index contributed by atoms with van der Waals surface area (Å²) in [7, 11) is 0. The van der Waals surface area contributed by atoms with Crippen molar-refractivity contribution in [1.82, 2.24) is 5.32 Å². The molecule has 3 nitrogen and oxygen atoms in total. The van der Waals surface area contributed by atoms with E-state index in [4.69, 9.17) is 9.47 Å². The van der Waals surface area contributed by atoms with E-state index in [1.54, 1.807) is 48.5 Å². The highest BCUT2D eigenvalue weighted by Crippen LogP contribution is 2.40. The molecule has 0 saturated carbocycles. The van der Waals surface area contributed by atoms with Gasteiger partial charge in [0.25, 0.3) is 0 Å². The maximum atomic E-state index is 13.5. The highest BCUT2D eigenvalue weighted by Gasteiger charge is 2.40. The van der Waals surface area contributed by atoms with E-state index in [0.717, 1.165) is 29.3 Å². The number of hydrogen-bond donors (Lipinski definition) is 1. The molecule has 1 unspecified atom stereocenters. The molecule has 9 heteroatoms. The van der Waals surface area contributed by atoms with E-state index in [-0.39, 0.29) is 13.2 Å². The first kappa shape index (κ1) is 25.2. The molecule has 1 aliphatic rings. The normalized spacial score (nSPS) is 15.7. The first-order valence-corrected chi connectivity index (χ1v) is 10.9. The van der Waals surface area contributed by atoms with Gasteiger partial charge in [-0.3, -0.25) is 0 Å². The van der Waals surface area contributed by atoms with Gasteiger partial charge in [0.15, 0.2) is 0 Å². The van der Waals surface area contributed by atoms with Crippen molar-refractivity contribution < 1.29 is 35.8 Å². The molecule has 0 aliphatic carbocycles. The van der Waals surface area contributed by atoms with Crippen LogP contribution in [-0.4, -0.2) is 6.18 Å².